The summed E-state index contributed by atoms with van der Waals surface area (Å²) in [5.41, 5.74) is 0. The van der Waals surface area contributed by atoms with Gasteiger partial charge in [-0.1, -0.05) is 6.92 Å². The maximum absolute atomic E-state index is 12.3. The first kappa shape index (κ1) is 15.5. The predicted molar refractivity (Wildman–Crippen MR) is 75.4 cm³/mol. The minimum absolute atomic E-state index is 0.0316. The Labute approximate surface area is 117 Å². The molecule has 0 aliphatic heterocycles. The van der Waals surface area contributed by atoms with Crippen molar-refractivity contribution in [1.82, 2.24) is 4.31 Å². The topological polar surface area (TPSA) is 46.6 Å². The molecule has 1 aromatic rings. The summed E-state index contributed by atoms with van der Waals surface area (Å²) in [6.07, 6.45) is 0.771. The van der Waals surface area contributed by atoms with Crippen molar-refractivity contribution in [3.63, 3.8) is 0 Å². The van der Waals surface area contributed by atoms with Gasteiger partial charge in [0.15, 0.2) is 0 Å². The van der Waals surface area contributed by atoms with E-state index in [9.17, 15) is 8.42 Å². The van der Waals surface area contributed by atoms with Gasteiger partial charge in [-0.2, -0.15) is 4.31 Å². The zero-order valence-electron chi connectivity index (χ0n) is 11.0. The minimum Gasteiger partial charge on any atom is -0.496 e. The van der Waals surface area contributed by atoms with E-state index in [1.165, 1.54) is 4.31 Å². The molecular weight excluding hydrogens is 318 g/mol. The summed E-state index contributed by atoms with van der Waals surface area (Å²) < 4.78 is 31.8. The highest BCUT2D eigenvalue weighted by Gasteiger charge is 2.25. The van der Waals surface area contributed by atoms with Crippen LogP contribution < -0.4 is 4.74 Å². The van der Waals surface area contributed by atoms with Crippen LogP contribution in [-0.4, -0.2) is 32.9 Å². The molecule has 0 fully saturated rings. The van der Waals surface area contributed by atoms with Gasteiger partial charge in [0.1, 0.15) is 5.75 Å². The highest BCUT2D eigenvalue weighted by atomic mass is 79.9. The summed E-state index contributed by atoms with van der Waals surface area (Å²) in [7, 11) is -0.310. The summed E-state index contributed by atoms with van der Waals surface area (Å²) in [6, 6.07) is 4.72. The summed E-state index contributed by atoms with van der Waals surface area (Å²) in [4.78, 5) is 0.262. The highest BCUT2D eigenvalue weighted by molar-refractivity contribution is 9.10. The lowest BCUT2D eigenvalue weighted by Gasteiger charge is -2.23. The Morgan fingerprint density at radius 2 is 2.06 bits per heavy atom. The van der Waals surface area contributed by atoms with Crippen LogP contribution in [0.4, 0.5) is 0 Å². The second-order valence-electron chi connectivity index (χ2n) is 4.07. The zero-order chi connectivity index (χ0) is 13.9. The number of hydrogen-bond donors (Lipinski definition) is 0. The van der Waals surface area contributed by atoms with Crippen LogP contribution in [0.15, 0.2) is 27.6 Å². The van der Waals surface area contributed by atoms with Crippen LogP contribution in [0.1, 0.15) is 20.3 Å². The standard InChI is InChI=1S/C12H18BrNO3S/c1-5-9(2)14(3)18(15,16)10-6-7-12(17-4)11(13)8-10/h6-9H,5H2,1-4H3. The number of hydrogen-bond acceptors (Lipinski definition) is 3. The first-order valence-electron chi connectivity index (χ1n) is 5.66. The van der Waals surface area contributed by atoms with Crippen molar-refractivity contribution in [3.05, 3.63) is 22.7 Å². The van der Waals surface area contributed by atoms with Crippen molar-refractivity contribution < 1.29 is 13.2 Å². The molecule has 1 rings (SSSR count). The second kappa shape index (κ2) is 6.04. The quantitative estimate of drug-likeness (QED) is 0.831. The molecule has 1 unspecified atom stereocenters. The van der Waals surface area contributed by atoms with Crippen LogP contribution >= 0.6 is 15.9 Å². The normalized spacial score (nSPS) is 13.7. The molecular formula is C12H18BrNO3S. The lowest BCUT2D eigenvalue weighted by atomic mass is 10.3. The number of halogens is 1. The third kappa shape index (κ3) is 3.05. The molecule has 0 bridgehead atoms. The van der Waals surface area contributed by atoms with E-state index >= 15 is 0 Å². The molecule has 4 nitrogen and oxygen atoms in total. The van der Waals surface area contributed by atoms with Crippen molar-refractivity contribution in [2.24, 2.45) is 0 Å². The molecule has 0 saturated heterocycles. The molecule has 6 heteroatoms. The monoisotopic (exact) mass is 335 g/mol. The van der Waals surface area contributed by atoms with Gasteiger partial charge in [-0.15, -0.1) is 0 Å². The van der Waals surface area contributed by atoms with Crippen molar-refractivity contribution in [1.29, 1.82) is 0 Å². The Hall–Kier alpha value is -0.590. The fraction of sp³-hybridized carbons (Fsp3) is 0.500. The van der Waals surface area contributed by atoms with Crippen LogP contribution in [0, 0.1) is 0 Å². The fourth-order valence-electron chi connectivity index (χ4n) is 1.47. The number of sulfonamides is 1. The first-order chi connectivity index (χ1) is 8.34. The lowest BCUT2D eigenvalue weighted by molar-refractivity contribution is 0.380. The van der Waals surface area contributed by atoms with Crippen LogP contribution in [-0.2, 0) is 10.0 Å². The number of rotatable bonds is 5. The molecule has 0 saturated carbocycles. The fourth-order valence-corrected chi connectivity index (χ4v) is 3.62. The Balaban J connectivity index is 3.17. The molecule has 0 heterocycles. The lowest BCUT2D eigenvalue weighted by Crippen LogP contribution is -2.34. The Morgan fingerprint density at radius 3 is 2.50 bits per heavy atom. The SMILES string of the molecule is CCC(C)N(C)S(=O)(=O)c1ccc(OC)c(Br)c1. The molecule has 1 aromatic carbocycles. The average molecular weight is 336 g/mol. The van der Waals surface area contributed by atoms with E-state index in [1.54, 1.807) is 32.4 Å². The molecule has 1 atom stereocenters. The van der Waals surface area contributed by atoms with Gasteiger partial charge < -0.3 is 4.74 Å². The molecule has 0 aliphatic rings. The predicted octanol–water partition coefficient (Wildman–Crippen LogP) is 2.88. The Morgan fingerprint density at radius 1 is 1.44 bits per heavy atom. The van der Waals surface area contributed by atoms with E-state index < -0.39 is 10.0 Å². The van der Waals surface area contributed by atoms with Crippen LogP contribution in [0.5, 0.6) is 5.75 Å². The summed E-state index contributed by atoms with van der Waals surface area (Å²) in [5, 5.41) is 0. The molecule has 0 radical (unpaired) electrons. The average Bonchev–Trinajstić information content (AvgIpc) is 2.36. The molecule has 0 amide bonds. The smallest absolute Gasteiger partial charge is 0.243 e. The molecule has 0 aliphatic carbocycles. The summed E-state index contributed by atoms with van der Waals surface area (Å²) in [5.74, 6) is 0.611. The third-order valence-electron chi connectivity index (χ3n) is 3.01. The molecule has 0 spiro atoms. The van der Waals surface area contributed by atoms with E-state index in [-0.39, 0.29) is 10.9 Å². The van der Waals surface area contributed by atoms with Gasteiger partial charge in [-0.25, -0.2) is 8.42 Å². The van der Waals surface area contributed by atoms with Crippen molar-refractivity contribution in [2.75, 3.05) is 14.2 Å². The molecule has 102 valence electrons. The van der Waals surface area contributed by atoms with Crippen LogP contribution in [0.25, 0.3) is 0 Å². The maximum Gasteiger partial charge on any atom is 0.243 e. The Bertz CT molecular complexity index is 516. The van der Waals surface area contributed by atoms with Gasteiger partial charge in [-0.3, -0.25) is 0 Å². The zero-order valence-corrected chi connectivity index (χ0v) is 13.4. The van der Waals surface area contributed by atoms with E-state index in [0.717, 1.165) is 6.42 Å². The van der Waals surface area contributed by atoms with Crippen LogP contribution in [0.3, 0.4) is 0 Å². The largest absolute Gasteiger partial charge is 0.496 e. The number of ether oxygens (including phenoxy) is 1. The summed E-state index contributed by atoms with van der Waals surface area (Å²) in [6.45, 7) is 3.84. The van der Waals surface area contributed by atoms with Crippen molar-refractivity contribution >= 4 is 26.0 Å². The summed E-state index contributed by atoms with van der Waals surface area (Å²) >= 11 is 3.30. The first-order valence-corrected chi connectivity index (χ1v) is 7.89. The number of benzene rings is 1. The van der Waals surface area contributed by atoms with Gasteiger partial charge in [0, 0.05) is 13.1 Å². The van der Waals surface area contributed by atoms with E-state index in [0.29, 0.717) is 10.2 Å². The van der Waals surface area contributed by atoms with Crippen molar-refractivity contribution in [3.8, 4) is 5.75 Å². The number of methoxy groups -OCH3 is 1. The van der Waals surface area contributed by atoms with E-state index in [1.807, 2.05) is 13.8 Å². The van der Waals surface area contributed by atoms with Gasteiger partial charge in [0.2, 0.25) is 10.0 Å². The van der Waals surface area contributed by atoms with Gasteiger partial charge in [0.25, 0.3) is 0 Å². The van der Waals surface area contributed by atoms with E-state index in [4.69, 9.17) is 4.74 Å². The highest BCUT2D eigenvalue weighted by Crippen LogP contribution is 2.29. The molecule has 18 heavy (non-hydrogen) atoms. The molecule has 0 aromatic heterocycles. The minimum atomic E-state index is -3.45. The van der Waals surface area contributed by atoms with Crippen molar-refractivity contribution in [2.45, 2.75) is 31.2 Å². The van der Waals surface area contributed by atoms with Gasteiger partial charge in [0.05, 0.1) is 16.5 Å². The third-order valence-corrected chi connectivity index (χ3v) is 5.60. The maximum atomic E-state index is 12.3. The van der Waals surface area contributed by atoms with Gasteiger partial charge in [-0.05, 0) is 47.5 Å². The van der Waals surface area contributed by atoms with Crippen LogP contribution in [0.2, 0.25) is 0 Å². The van der Waals surface area contributed by atoms with Gasteiger partial charge >= 0.3 is 0 Å². The van der Waals surface area contributed by atoms with E-state index in [2.05, 4.69) is 15.9 Å². The second-order valence-corrected chi connectivity index (χ2v) is 6.93. The Kier molecular flexibility index (Phi) is 5.19. The molecule has 0 N–H and O–H groups in total. The number of nitrogens with zero attached hydrogens (tertiary/aromatic N) is 1.